The monoisotopic (exact) mass is 407 g/mol. The lowest BCUT2D eigenvalue weighted by Crippen LogP contribution is -2.57. The smallest absolute Gasteiger partial charge is 0.323 e. The molecule has 2 aromatic heterocycles. The number of anilines is 1. The van der Waals surface area contributed by atoms with Crippen LogP contribution in [-0.4, -0.2) is 59.5 Å². The molecule has 1 aliphatic rings. The van der Waals surface area contributed by atoms with Gasteiger partial charge in [-0.25, -0.2) is 9.78 Å². The number of methoxy groups -OCH3 is 2. The average molecular weight is 407 g/mol. The van der Waals surface area contributed by atoms with Gasteiger partial charge in [-0.15, -0.1) is 5.10 Å². The Balaban J connectivity index is 1.34. The fourth-order valence-electron chi connectivity index (χ4n) is 3.06. The summed E-state index contributed by atoms with van der Waals surface area (Å²) in [5.41, 5.74) is 1.77. The predicted molar refractivity (Wildman–Crippen MR) is 110 cm³/mol. The molecular weight excluding hydrogens is 386 g/mol. The van der Waals surface area contributed by atoms with Crippen LogP contribution < -0.4 is 19.5 Å². The molecule has 1 saturated heterocycles. The molecule has 9 heteroatoms. The summed E-state index contributed by atoms with van der Waals surface area (Å²) < 4.78 is 16.6. The molecule has 0 bridgehead atoms. The highest BCUT2D eigenvalue weighted by atomic mass is 16.5. The molecule has 30 heavy (non-hydrogen) atoms. The predicted octanol–water partition coefficient (Wildman–Crippen LogP) is 2.85. The zero-order valence-corrected chi connectivity index (χ0v) is 16.6. The largest absolute Gasteiger partial charge is 0.497 e. The lowest BCUT2D eigenvalue weighted by atomic mass is 10.1. The maximum absolute atomic E-state index is 12.2. The molecule has 1 N–H and O–H groups in total. The van der Waals surface area contributed by atoms with Gasteiger partial charge in [0.05, 0.1) is 27.3 Å². The van der Waals surface area contributed by atoms with Gasteiger partial charge in [-0.1, -0.05) is 0 Å². The van der Waals surface area contributed by atoms with E-state index >= 15 is 0 Å². The van der Waals surface area contributed by atoms with Crippen LogP contribution in [0.1, 0.15) is 0 Å². The van der Waals surface area contributed by atoms with Crippen molar-refractivity contribution in [3.63, 3.8) is 0 Å². The quantitative estimate of drug-likeness (QED) is 0.671. The molecule has 4 rings (SSSR count). The van der Waals surface area contributed by atoms with Crippen molar-refractivity contribution in [1.82, 2.24) is 20.1 Å². The Hall–Kier alpha value is -3.88. The summed E-state index contributed by atoms with van der Waals surface area (Å²) in [6.07, 6.45) is 3.16. The molecule has 0 aliphatic carbocycles. The number of nitrogens with zero attached hydrogens (tertiary/aromatic N) is 4. The van der Waals surface area contributed by atoms with Crippen LogP contribution in [0.5, 0.6) is 17.4 Å². The maximum Gasteiger partial charge on any atom is 0.323 e. The van der Waals surface area contributed by atoms with Crippen molar-refractivity contribution in [2.45, 2.75) is 6.10 Å². The minimum Gasteiger partial charge on any atom is -0.497 e. The molecule has 154 valence electrons. The van der Waals surface area contributed by atoms with E-state index in [0.717, 1.165) is 22.6 Å². The average Bonchev–Trinajstić information content (AvgIpc) is 2.76. The molecule has 2 amide bonds. The number of aromatic nitrogens is 3. The van der Waals surface area contributed by atoms with Crippen LogP contribution in [0.4, 0.5) is 10.6 Å². The number of urea groups is 1. The van der Waals surface area contributed by atoms with Gasteiger partial charge < -0.3 is 19.1 Å². The molecule has 0 radical (unpaired) electrons. The van der Waals surface area contributed by atoms with Crippen LogP contribution in [0.2, 0.25) is 0 Å². The Labute approximate surface area is 173 Å². The SMILES string of the molecule is COc1ccc(OC)c(-c2ccc(OC3CN(C(=O)Nc4cccnn4)C3)nc2)c1. The molecule has 1 aliphatic heterocycles. The van der Waals surface area contributed by atoms with E-state index in [1.165, 1.54) is 0 Å². The zero-order valence-electron chi connectivity index (χ0n) is 16.6. The number of hydrogen-bond acceptors (Lipinski definition) is 7. The first kappa shape index (κ1) is 19.4. The molecule has 1 fully saturated rings. The summed E-state index contributed by atoms with van der Waals surface area (Å²) in [5.74, 6) is 2.38. The number of rotatable bonds is 6. The second kappa shape index (κ2) is 8.64. The lowest BCUT2D eigenvalue weighted by Gasteiger charge is -2.38. The first-order valence-corrected chi connectivity index (χ1v) is 9.35. The molecule has 1 aromatic carbocycles. The Kier molecular flexibility index (Phi) is 5.60. The van der Waals surface area contributed by atoms with Crippen molar-refractivity contribution < 1.29 is 19.0 Å². The van der Waals surface area contributed by atoms with Crippen molar-refractivity contribution in [2.24, 2.45) is 0 Å². The molecule has 0 saturated carbocycles. The second-order valence-electron chi connectivity index (χ2n) is 6.64. The number of pyridine rings is 1. The van der Waals surface area contributed by atoms with Gasteiger partial charge in [-0.2, -0.15) is 5.10 Å². The van der Waals surface area contributed by atoms with Crippen LogP contribution >= 0.6 is 0 Å². The Bertz CT molecular complexity index is 1010. The number of nitrogens with one attached hydrogen (secondary N) is 1. The van der Waals surface area contributed by atoms with Crippen molar-refractivity contribution in [1.29, 1.82) is 0 Å². The van der Waals surface area contributed by atoms with E-state index in [1.807, 2.05) is 24.3 Å². The van der Waals surface area contributed by atoms with E-state index in [-0.39, 0.29) is 12.1 Å². The van der Waals surface area contributed by atoms with Crippen LogP contribution in [0.3, 0.4) is 0 Å². The summed E-state index contributed by atoms with van der Waals surface area (Å²) in [7, 11) is 3.25. The molecular formula is C21H21N5O4. The summed E-state index contributed by atoms with van der Waals surface area (Å²) in [4.78, 5) is 18.2. The molecule has 9 nitrogen and oxygen atoms in total. The first-order chi connectivity index (χ1) is 14.7. The molecule has 0 unspecified atom stereocenters. The van der Waals surface area contributed by atoms with E-state index < -0.39 is 0 Å². The van der Waals surface area contributed by atoms with E-state index in [9.17, 15) is 4.79 Å². The second-order valence-corrected chi connectivity index (χ2v) is 6.64. The Morgan fingerprint density at radius 2 is 2.00 bits per heavy atom. The minimum absolute atomic E-state index is 0.109. The molecule has 0 atom stereocenters. The van der Waals surface area contributed by atoms with Gasteiger partial charge in [-0.3, -0.25) is 5.32 Å². The van der Waals surface area contributed by atoms with E-state index in [1.54, 1.807) is 49.7 Å². The number of carbonyl (C=O) groups excluding carboxylic acids is 1. The van der Waals surface area contributed by atoms with Gasteiger partial charge in [-0.05, 0) is 36.4 Å². The number of likely N-dealkylation sites (tertiary alicyclic amines) is 1. The van der Waals surface area contributed by atoms with Crippen LogP contribution in [0.15, 0.2) is 54.9 Å². The highest BCUT2D eigenvalue weighted by molar-refractivity contribution is 5.88. The zero-order chi connectivity index (χ0) is 20.9. The van der Waals surface area contributed by atoms with Crippen LogP contribution in [0.25, 0.3) is 11.1 Å². The van der Waals surface area contributed by atoms with Crippen molar-refractivity contribution >= 4 is 11.8 Å². The maximum atomic E-state index is 12.2. The topological polar surface area (TPSA) is 98.7 Å². The van der Waals surface area contributed by atoms with Crippen LogP contribution in [-0.2, 0) is 0 Å². The summed E-state index contributed by atoms with van der Waals surface area (Å²) >= 11 is 0. The Morgan fingerprint density at radius 3 is 2.67 bits per heavy atom. The Morgan fingerprint density at radius 1 is 1.13 bits per heavy atom. The summed E-state index contributed by atoms with van der Waals surface area (Å²) in [5, 5.41) is 10.3. The van der Waals surface area contributed by atoms with E-state index in [4.69, 9.17) is 14.2 Å². The normalized spacial score (nSPS) is 13.3. The van der Waals surface area contributed by atoms with Gasteiger partial charge in [0.25, 0.3) is 0 Å². The minimum atomic E-state index is -0.233. The van der Waals surface area contributed by atoms with Gasteiger partial charge in [0.2, 0.25) is 5.88 Å². The van der Waals surface area contributed by atoms with E-state index in [0.29, 0.717) is 24.8 Å². The number of benzene rings is 1. The van der Waals surface area contributed by atoms with Crippen molar-refractivity contribution in [2.75, 3.05) is 32.6 Å². The van der Waals surface area contributed by atoms with Crippen LogP contribution in [0, 0.1) is 0 Å². The molecule has 0 spiro atoms. The van der Waals surface area contributed by atoms with Gasteiger partial charge >= 0.3 is 6.03 Å². The number of ether oxygens (including phenoxy) is 3. The third-order valence-electron chi connectivity index (χ3n) is 4.68. The van der Waals surface area contributed by atoms with Gasteiger partial charge in [0.1, 0.15) is 17.6 Å². The molecule has 3 heterocycles. The van der Waals surface area contributed by atoms with E-state index in [2.05, 4.69) is 20.5 Å². The first-order valence-electron chi connectivity index (χ1n) is 9.35. The fraction of sp³-hybridized carbons (Fsp3) is 0.238. The van der Waals surface area contributed by atoms with Crippen molar-refractivity contribution in [3.8, 4) is 28.5 Å². The lowest BCUT2D eigenvalue weighted by molar-refractivity contribution is 0.0461. The highest BCUT2D eigenvalue weighted by Crippen LogP contribution is 2.33. The van der Waals surface area contributed by atoms with Gasteiger partial charge in [0.15, 0.2) is 5.82 Å². The standard InChI is InChI=1S/C21H21N5O4/c1-28-15-6-7-18(29-2)17(10-15)14-5-8-20(22-11-14)30-16-12-26(13-16)21(27)24-19-4-3-9-23-25-19/h3-11,16H,12-13H2,1-2H3,(H,24,25,27). The summed E-state index contributed by atoms with van der Waals surface area (Å²) in [6.45, 7) is 0.943. The highest BCUT2D eigenvalue weighted by Gasteiger charge is 2.32. The number of carbonyl (C=O) groups is 1. The third-order valence-corrected chi connectivity index (χ3v) is 4.68. The fourth-order valence-corrected chi connectivity index (χ4v) is 3.06. The van der Waals surface area contributed by atoms with Gasteiger partial charge in [0, 0.05) is 29.6 Å². The molecule has 3 aromatic rings. The third kappa shape index (κ3) is 4.24. The number of hydrogen-bond donors (Lipinski definition) is 1. The number of amides is 2. The van der Waals surface area contributed by atoms with Crippen molar-refractivity contribution in [3.05, 3.63) is 54.9 Å². The summed E-state index contributed by atoms with van der Waals surface area (Å²) in [6, 6.07) is 12.5.